The molecule has 2 aromatic carbocycles. The predicted octanol–water partition coefficient (Wildman–Crippen LogP) is 3.81. The molecule has 0 spiro atoms. The summed E-state index contributed by atoms with van der Waals surface area (Å²) < 4.78 is 1.08. The van der Waals surface area contributed by atoms with Crippen molar-refractivity contribution >= 4 is 40.1 Å². The summed E-state index contributed by atoms with van der Waals surface area (Å²) in [6.07, 6.45) is 1.26. The maximum absolute atomic E-state index is 13.3. The quantitative estimate of drug-likeness (QED) is 0.727. The van der Waals surface area contributed by atoms with Gasteiger partial charge in [-0.15, -0.1) is 0 Å². The highest BCUT2D eigenvalue weighted by molar-refractivity contribution is 14.1. The number of halogens is 1. The summed E-state index contributed by atoms with van der Waals surface area (Å²) in [7, 11) is 0. The molecule has 0 saturated carbocycles. The van der Waals surface area contributed by atoms with Crippen LogP contribution in [0.2, 0.25) is 0 Å². The molecule has 2 aromatic rings. The standard InChI is InChI=1S/C20H21IN2O2/c1-15(24)23-12-10-20(11-13-23,16-6-3-2-4-7-16)19(25)22-18-9-5-8-17(21)14-18/h2-9,14H,10-13H2,1H3,(H,22,25). The van der Waals surface area contributed by atoms with Crippen molar-refractivity contribution in [3.8, 4) is 0 Å². The number of amides is 2. The number of benzene rings is 2. The molecule has 4 nitrogen and oxygen atoms in total. The molecule has 0 aromatic heterocycles. The van der Waals surface area contributed by atoms with Crippen molar-refractivity contribution in [1.82, 2.24) is 4.90 Å². The van der Waals surface area contributed by atoms with Crippen LogP contribution in [0.15, 0.2) is 54.6 Å². The van der Waals surface area contributed by atoms with E-state index in [-0.39, 0.29) is 11.8 Å². The number of nitrogens with zero attached hydrogens (tertiary/aromatic N) is 1. The minimum absolute atomic E-state index is 0.00361. The Labute approximate surface area is 161 Å². The Morgan fingerprint density at radius 1 is 1.04 bits per heavy atom. The molecule has 1 fully saturated rings. The van der Waals surface area contributed by atoms with Crippen LogP contribution >= 0.6 is 22.6 Å². The van der Waals surface area contributed by atoms with Crippen molar-refractivity contribution in [3.63, 3.8) is 0 Å². The van der Waals surface area contributed by atoms with E-state index < -0.39 is 5.41 Å². The van der Waals surface area contributed by atoms with Gasteiger partial charge in [0.25, 0.3) is 0 Å². The summed E-state index contributed by atoms with van der Waals surface area (Å²) in [6.45, 7) is 2.79. The molecule has 0 atom stereocenters. The van der Waals surface area contributed by atoms with E-state index in [1.165, 1.54) is 0 Å². The first-order valence-electron chi connectivity index (χ1n) is 8.39. The van der Waals surface area contributed by atoms with Gasteiger partial charge >= 0.3 is 0 Å². The third-order valence-corrected chi connectivity index (χ3v) is 5.58. The summed E-state index contributed by atoms with van der Waals surface area (Å²) in [5.41, 5.74) is 1.22. The fraction of sp³-hybridized carbons (Fsp3) is 0.300. The lowest BCUT2D eigenvalue weighted by atomic mass is 9.72. The van der Waals surface area contributed by atoms with Crippen LogP contribution in [0.5, 0.6) is 0 Å². The number of piperidine rings is 1. The molecular formula is C20H21IN2O2. The Morgan fingerprint density at radius 2 is 1.72 bits per heavy atom. The van der Waals surface area contributed by atoms with Gasteiger partial charge in [0, 0.05) is 29.3 Å². The van der Waals surface area contributed by atoms with Crippen LogP contribution in [0, 0.1) is 3.57 Å². The third-order valence-electron chi connectivity index (χ3n) is 4.91. The van der Waals surface area contributed by atoms with Gasteiger partial charge in [-0.05, 0) is 59.2 Å². The summed E-state index contributed by atoms with van der Waals surface area (Å²) in [5.74, 6) is 0.0728. The van der Waals surface area contributed by atoms with E-state index in [0.717, 1.165) is 14.8 Å². The number of rotatable bonds is 3. The van der Waals surface area contributed by atoms with Crippen molar-refractivity contribution in [2.75, 3.05) is 18.4 Å². The fourth-order valence-corrected chi connectivity index (χ4v) is 3.97. The third kappa shape index (κ3) is 3.86. The molecule has 0 aliphatic carbocycles. The SMILES string of the molecule is CC(=O)N1CCC(C(=O)Nc2cccc(I)c2)(c2ccccc2)CC1. The molecule has 1 aliphatic rings. The van der Waals surface area contributed by atoms with E-state index in [1.807, 2.05) is 59.5 Å². The molecule has 130 valence electrons. The molecule has 2 amide bonds. The Bertz CT molecular complexity index is 768. The average Bonchev–Trinajstić information content (AvgIpc) is 2.62. The fourth-order valence-electron chi connectivity index (χ4n) is 3.42. The number of hydrogen-bond acceptors (Lipinski definition) is 2. The van der Waals surface area contributed by atoms with Gasteiger partial charge in [-0.1, -0.05) is 36.4 Å². The first-order valence-corrected chi connectivity index (χ1v) is 9.47. The van der Waals surface area contributed by atoms with E-state index in [1.54, 1.807) is 6.92 Å². The van der Waals surface area contributed by atoms with Crippen LogP contribution in [0.4, 0.5) is 5.69 Å². The Kier molecular flexibility index (Phi) is 5.42. The zero-order chi connectivity index (χ0) is 17.9. The highest BCUT2D eigenvalue weighted by atomic mass is 127. The maximum Gasteiger partial charge on any atom is 0.235 e. The first-order chi connectivity index (χ1) is 12.0. The monoisotopic (exact) mass is 448 g/mol. The Balaban J connectivity index is 1.89. The number of anilines is 1. The molecule has 1 heterocycles. The lowest BCUT2D eigenvalue weighted by Crippen LogP contribution is -2.50. The normalized spacial score (nSPS) is 16.3. The van der Waals surface area contributed by atoms with E-state index >= 15 is 0 Å². The second-order valence-corrected chi connectivity index (χ2v) is 7.66. The molecule has 1 aliphatic heterocycles. The minimum atomic E-state index is -0.603. The van der Waals surface area contributed by atoms with E-state index in [4.69, 9.17) is 0 Å². The van der Waals surface area contributed by atoms with Crippen LogP contribution in [0.25, 0.3) is 0 Å². The van der Waals surface area contributed by atoms with Crippen LogP contribution in [0.1, 0.15) is 25.3 Å². The lowest BCUT2D eigenvalue weighted by molar-refractivity contribution is -0.133. The molecular weight excluding hydrogens is 427 g/mol. The molecule has 5 heteroatoms. The molecule has 1 N–H and O–H groups in total. The number of carbonyl (C=O) groups is 2. The largest absolute Gasteiger partial charge is 0.343 e. The van der Waals surface area contributed by atoms with Gasteiger partial charge < -0.3 is 10.2 Å². The highest BCUT2D eigenvalue weighted by Crippen LogP contribution is 2.37. The van der Waals surface area contributed by atoms with Crippen LogP contribution in [-0.4, -0.2) is 29.8 Å². The molecule has 3 rings (SSSR count). The van der Waals surface area contributed by atoms with E-state index in [2.05, 4.69) is 27.9 Å². The summed E-state index contributed by atoms with van der Waals surface area (Å²) in [5, 5.41) is 3.09. The number of nitrogens with one attached hydrogen (secondary N) is 1. The van der Waals surface area contributed by atoms with E-state index in [9.17, 15) is 9.59 Å². The first kappa shape index (κ1) is 17.9. The van der Waals surface area contributed by atoms with Crippen molar-refractivity contribution in [2.45, 2.75) is 25.2 Å². The Hall–Kier alpha value is -1.89. The van der Waals surface area contributed by atoms with Crippen LogP contribution < -0.4 is 5.32 Å². The lowest BCUT2D eigenvalue weighted by Gasteiger charge is -2.40. The van der Waals surface area contributed by atoms with E-state index in [0.29, 0.717) is 25.9 Å². The average molecular weight is 448 g/mol. The highest BCUT2D eigenvalue weighted by Gasteiger charge is 2.43. The van der Waals surface area contributed by atoms with Gasteiger partial charge in [-0.3, -0.25) is 9.59 Å². The molecule has 25 heavy (non-hydrogen) atoms. The Morgan fingerprint density at radius 3 is 2.32 bits per heavy atom. The van der Waals surface area contributed by atoms with Gasteiger partial charge in [0.1, 0.15) is 0 Å². The van der Waals surface area contributed by atoms with Crippen molar-refractivity contribution in [1.29, 1.82) is 0 Å². The number of hydrogen-bond donors (Lipinski definition) is 1. The van der Waals surface area contributed by atoms with Gasteiger partial charge in [-0.25, -0.2) is 0 Å². The zero-order valence-electron chi connectivity index (χ0n) is 14.2. The molecule has 0 unspecified atom stereocenters. The van der Waals surface area contributed by atoms with Crippen molar-refractivity contribution in [2.24, 2.45) is 0 Å². The number of carbonyl (C=O) groups excluding carboxylic acids is 2. The van der Waals surface area contributed by atoms with Gasteiger partial charge in [-0.2, -0.15) is 0 Å². The topological polar surface area (TPSA) is 49.4 Å². The molecule has 0 radical (unpaired) electrons. The molecule has 1 saturated heterocycles. The minimum Gasteiger partial charge on any atom is -0.343 e. The second-order valence-electron chi connectivity index (χ2n) is 6.42. The van der Waals surface area contributed by atoms with Gasteiger partial charge in [0.2, 0.25) is 11.8 Å². The summed E-state index contributed by atoms with van der Waals surface area (Å²) in [4.78, 5) is 26.7. The summed E-state index contributed by atoms with van der Waals surface area (Å²) in [6, 6.07) is 17.7. The molecule has 0 bridgehead atoms. The number of likely N-dealkylation sites (tertiary alicyclic amines) is 1. The van der Waals surface area contributed by atoms with Crippen molar-refractivity contribution in [3.05, 3.63) is 63.7 Å². The van der Waals surface area contributed by atoms with Crippen molar-refractivity contribution < 1.29 is 9.59 Å². The van der Waals surface area contributed by atoms with Crippen LogP contribution in [0.3, 0.4) is 0 Å². The second kappa shape index (κ2) is 7.56. The van der Waals surface area contributed by atoms with Gasteiger partial charge in [0.15, 0.2) is 0 Å². The maximum atomic E-state index is 13.3. The zero-order valence-corrected chi connectivity index (χ0v) is 16.3. The smallest absolute Gasteiger partial charge is 0.235 e. The van der Waals surface area contributed by atoms with Gasteiger partial charge in [0.05, 0.1) is 5.41 Å². The van der Waals surface area contributed by atoms with Crippen LogP contribution in [-0.2, 0) is 15.0 Å². The summed E-state index contributed by atoms with van der Waals surface area (Å²) >= 11 is 2.24. The predicted molar refractivity (Wildman–Crippen MR) is 107 cm³/mol.